The molecule has 28 heavy (non-hydrogen) atoms. The third-order valence-electron chi connectivity index (χ3n) is 4.79. The van der Waals surface area contributed by atoms with Crippen molar-refractivity contribution in [2.24, 2.45) is 5.73 Å². The van der Waals surface area contributed by atoms with Crippen LogP contribution in [0.15, 0.2) is 53.1 Å². The quantitative estimate of drug-likeness (QED) is 0.742. The van der Waals surface area contributed by atoms with Gasteiger partial charge in [-0.25, -0.2) is 8.78 Å². The zero-order valence-corrected chi connectivity index (χ0v) is 15.3. The molecule has 1 aliphatic rings. The van der Waals surface area contributed by atoms with Crippen molar-refractivity contribution in [1.82, 2.24) is 9.88 Å². The van der Waals surface area contributed by atoms with E-state index in [1.807, 2.05) is 37.3 Å². The average molecular weight is 383 g/mol. The number of hydrogen-bond acceptors (Lipinski definition) is 4. The first-order valence-corrected chi connectivity index (χ1v) is 8.90. The number of likely N-dealkylation sites (tertiary alicyclic amines) is 1. The second kappa shape index (κ2) is 6.83. The highest BCUT2D eigenvalue weighted by Crippen LogP contribution is 2.30. The van der Waals surface area contributed by atoms with Gasteiger partial charge in [-0.05, 0) is 42.8 Å². The van der Waals surface area contributed by atoms with Gasteiger partial charge in [-0.15, -0.1) is 0 Å². The first-order valence-electron chi connectivity index (χ1n) is 8.90. The number of halogens is 2. The summed E-state index contributed by atoms with van der Waals surface area (Å²) in [5.74, 6) is -1.73. The lowest BCUT2D eigenvalue weighted by Crippen LogP contribution is -2.58. The minimum Gasteiger partial charge on any atom is -0.460 e. The van der Waals surface area contributed by atoms with E-state index < -0.39 is 24.9 Å². The number of nitrogens with zero attached hydrogens (tertiary/aromatic N) is 2. The van der Waals surface area contributed by atoms with Crippen LogP contribution >= 0.6 is 0 Å². The van der Waals surface area contributed by atoms with Crippen LogP contribution in [0.4, 0.5) is 8.78 Å². The molecule has 0 spiro atoms. The van der Waals surface area contributed by atoms with Crippen LogP contribution in [0.2, 0.25) is 0 Å². The molecule has 0 unspecified atom stereocenters. The lowest BCUT2D eigenvalue weighted by atomic mass is 10.0. The molecule has 1 aliphatic heterocycles. The number of alkyl halides is 2. The van der Waals surface area contributed by atoms with Gasteiger partial charge in [0.1, 0.15) is 11.5 Å². The predicted molar refractivity (Wildman–Crippen MR) is 101 cm³/mol. The maximum absolute atomic E-state index is 12.9. The summed E-state index contributed by atoms with van der Waals surface area (Å²) in [5, 5.41) is 0. The van der Waals surface area contributed by atoms with Crippen molar-refractivity contribution < 1.29 is 18.0 Å². The highest BCUT2D eigenvalue weighted by atomic mass is 19.3. The summed E-state index contributed by atoms with van der Waals surface area (Å²) in [6, 6.07) is 12.9. The molecular formula is C21H19F2N3O2. The molecule has 5 nitrogen and oxygen atoms in total. The van der Waals surface area contributed by atoms with E-state index >= 15 is 0 Å². The molecule has 2 aromatic heterocycles. The summed E-state index contributed by atoms with van der Waals surface area (Å²) in [6.45, 7) is 1.26. The van der Waals surface area contributed by atoms with Crippen LogP contribution in [-0.4, -0.2) is 34.8 Å². The molecule has 2 N–H and O–H groups in total. The minimum atomic E-state index is -2.78. The van der Waals surface area contributed by atoms with Crippen molar-refractivity contribution in [2.75, 3.05) is 13.1 Å². The second-order valence-corrected chi connectivity index (χ2v) is 6.95. The van der Waals surface area contributed by atoms with Crippen molar-refractivity contribution >= 4 is 5.91 Å². The average Bonchev–Trinajstić information content (AvgIpc) is 3.14. The van der Waals surface area contributed by atoms with Crippen LogP contribution in [0.5, 0.6) is 0 Å². The third kappa shape index (κ3) is 3.41. The number of nitrogens with two attached hydrogens (primary N) is 1. The molecule has 1 aromatic carbocycles. The van der Waals surface area contributed by atoms with E-state index in [-0.39, 0.29) is 0 Å². The summed E-state index contributed by atoms with van der Waals surface area (Å²) in [6.07, 6.45) is 1.43. The molecule has 0 saturated carbocycles. The number of carbonyl (C=O) groups is 1. The minimum absolute atomic E-state index is 0.303. The fourth-order valence-electron chi connectivity index (χ4n) is 3.26. The largest absolute Gasteiger partial charge is 0.460 e. The molecule has 0 atom stereocenters. The number of pyridine rings is 1. The Kier molecular flexibility index (Phi) is 4.47. The van der Waals surface area contributed by atoms with Crippen molar-refractivity contribution in [2.45, 2.75) is 19.4 Å². The van der Waals surface area contributed by atoms with E-state index in [0.29, 0.717) is 17.8 Å². The SMILES string of the molecule is Cc1cc(-c2ccc(C(=O)N3CC(F)(F)C3)cn2)ccc1-c1ccc(CN)o1. The number of benzene rings is 1. The zero-order valence-electron chi connectivity index (χ0n) is 15.3. The van der Waals surface area contributed by atoms with Gasteiger partial charge < -0.3 is 15.1 Å². The standard InChI is InChI=1S/C21H19F2N3O2/c1-13-8-14(2-5-17(13)19-7-4-16(9-24)28-19)18-6-3-15(10-25-18)20(27)26-11-21(22,23)12-26/h2-8,10H,9,11-12,24H2,1H3. The molecule has 0 aliphatic carbocycles. The van der Waals surface area contributed by atoms with Crippen molar-refractivity contribution in [3.8, 4) is 22.6 Å². The van der Waals surface area contributed by atoms with Crippen LogP contribution in [0.25, 0.3) is 22.6 Å². The highest BCUT2D eigenvalue weighted by Gasteiger charge is 2.46. The van der Waals surface area contributed by atoms with Gasteiger partial charge in [0.2, 0.25) is 0 Å². The number of aromatic nitrogens is 1. The summed E-state index contributed by atoms with van der Waals surface area (Å²) >= 11 is 0. The molecule has 3 aromatic rings. The molecule has 7 heteroatoms. The molecule has 144 valence electrons. The van der Waals surface area contributed by atoms with Gasteiger partial charge in [0.25, 0.3) is 11.8 Å². The Morgan fingerprint density at radius 2 is 2.00 bits per heavy atom. The lowest BCUT2D eigenvalue weighted by molar-refractivity contribution is -0.113. The van der Waals surface area contributed by atoms with Crippen LogP contribution in [-0.2, 0) is 6.54 Å². The fourth-order valence-corrected chi connectivity index (χ4v) is 3.26. The van der Waals surface area contributed by atoms with Gasteiger partial charge in [-0.2, -0.15) is 0 Å². The maximum Gasteiger partial charge on any atom is 0.282 e. The monoisotopic (exact) mass is 383 g/mol. The summed E-state index contributed by atoms with van der Waals surface area (Å²) in [5.41, 5.74) is 9.46. The highest BCUT2D eigenvalue weighted by molar-refractivity contribution is 5.94. The van der Waals surface area contributed by atoms with E-state index in [9.17, 15) is 13.6 Å². The summed E-state index contributed by atoms with van der Waals surface area (Å²) in [7, 11) is 0. The van der Waals surface area contributed by atoms with Gasteiger partial charge in [0.05, 0.1) is 30.9 Å². The Morgan fingerprint density at radius 3 is 2.57 bits per heavy atom. The normalized spacial score (nSPS) is 15.4. The first kappa shape index (κ1) is 18.3. The van der Waals surface area contributed by atoms with Gasteiger partial charge in [-0.3, -0.25) is 9.78 Å². The maximum atomic E-state index is 12.9. The smallest absolute Gasteiger partial charge is 0.282 e. The Hall–Kier alpha value is -3.06. The second-order valence-electron chi connectivity index (χ2n) is 6.95. The number of hydrogen-bond donors (Lipinski definition) is 1. The molecule has 1 amide bonds. The van der Waals surface area contributed by atoms with E-state index in [1.54, 1.807) is 12.1 Å². The molecule has 1 saturated heterocycles. The molecule has 4 rings (SSSR count). The van der Waals surface area contributed by atoms with Crippen molar-refractivity contribution in [3.05, 3.63) is 65.5 Å². The Labute approximate surface area is 160 Å². The van der Waals surface area contributed by atoms with E-state index in [1.165, 1.54) is 6.20 Å². The molecule has 3 heterocycles. The topological polar surface area (TPSA) is 72.4 Å². The van der Waals surface area contributed by atoms with Gasteiger partial charge in [0.15, 0.2) is 0 Å². The van der Waals surface area contributed by atoms with Gasteiger partial charge >= 0.3 is 0 Å². The number of furan rings is 1. The van der Waals surface area contributed by atoms with Crippen LogP contribution in [0.3, 0.4) is 0 Å². The zero-order chi connectivity index (χ0) is 19.9. The van der Waals surface area contributed by atoms with Gasteiger partial charge in [0, 0.05) is 17.3 Å². The molecule has 1 fully saturated rings. The Morgan fingerprint density at radius 1 is 1.21 bits per heavy atom. The number of rotatable bonds is 4. The van der Waals surface area contributed by atoms with E-state index in [0.717, 1.165) is 33.1 Å². The van der Waals surface area contributed by atoms with Crippen LogP contribution in [0, 0.1) is 6.92 Å². The van der Waals surface area contributed by atoms with E-state index in [2.05, 4.69) is 4.98 Å². The van der Waals surface area contributed by atoms with Crippen LogP contribution < -0.4 is 5.73 Å². The predicted octanol–water partition coefficient (Wildman–Crippen LogP) is 3.87. The number of carbonyl (C=O) groups excluding carboxylic acids is 1. The molecule has 0 radical (unpaired) electrons. The number of amides is 1. The first-order chi connectivity index (χ1) is 13.4. The lowest BCUT2D eigenvalue weighted by Gasteiger charge is -2.38. The summed E-state index contributed by atoms with van der Waals surface area (Å²) in [4.78, 5) is 17.6. The molecular weight excluding hydrogens is 364 g/mol. The van der Waals surface area contributed by atoms with Crippen molar-refractivity contribution in [1.29, 1.82) is 0 Å². The molecule has 0 bridgehead atoms. The van der Waals surface area contributed by atoms with Crippen LogP contribution in [0.1, 0.15) is 21.7 Å². The van der Waals surface area contributed by atoms with E-state index in [4.69, 9.17) is 10.2 Å². The Balaban J connectivity index is 1.53. The Bertz CT molecular complexity index is 1020. The van der Waals surface area contributed by atoms with Crippen molar-refractivity contribution in [3.63, 3.8) is 0 Å². The third-order valence-corrected chi connectivity index (χ3v) is 4.79. The number of aryl methyl sites for hydroxylation is 1. The van der Waals surface area contributed by atoms with Gasteiger partial charge in [-0.1, -0.05) is 12.1 Å². The summed E-state index contributed by atoms with van der Waals surface area (Å²) < 4.78 is 31.6. The fraction of sp³-hybridized carbons (Fsp3) is 0.238.